The van der Waals surface area contributed by atoms with Crippen molar-refractivity contribution in [3.05, 3.63) is 69.8 Å². The summed E-state index contributed by atoms with van der Waals surface area (Å²) in [7, 11) is 2.09. The van der Waals surface area contributed by atoms with Gasteiger partial charge in [0.25, 0.3) is 0 Å². The van der Waals surface area contributed by atoms with E-state index in [-0.39, 0.29) is 22.9 Å². The molecule has 4 rings (SSSR count). The smallest absolute Gasteiger partial charge is 0.147 e. The van der Waals surface area contributed by atoms with Crippen molar-refractivity contribution in [1.29, 1.82) is 0 Å². The fourth-order valence-corrected chi connectivity index (χ4v) is 4.70. The fraction of sp³-hybridized carbons (Fsp3) is 0.318. The number of piperazine rings is 1. The summed E-state index contributed by atoms with van der Waals surface area (Å²) in [6, 6.07) is 7.45. The molecule has 2 heterocycles. The minimum Gasteiger partial charge on any atom is -0.381 e. The van der Waals surface area contributed by atoms with E-state index < -0.39 is 11.6 Å². The lowest BCUT2D eigenvalue weighted by molar-refractivity contribution is 0.148. The van der Waals surface area contributed by atoms with E-state index in [1.807, 2.05) is 6.07 Å². The Kier molecular flexibility index (Phi) is 7.56. The number of likely N-dealkylation sites (N-methyl/N-ethyl adjacent to an activating group) is 1. The maximum atomic E-state index is 14.6. The molecule has 1 aromatic heterocycles. The maximum Gasteiger partial charge on any atom is 0.147 e. The number of hydrogen-bond acceptors (Lipinski definition) is 7. The number of halogens is 3. The average Bonchev–Trinajstić information content (AvgIpc) is 3.28. The molecular weight excluding hydrogens is 455 g/mol. The zero-order valence-corrected chi connectivity index (χ0v) is 19.2. The molecule has 0 radical (unpaired) electrons. The Balaban J connectivity index is 1.43. The summed E-state index contributed by atoms with van der Waals surface area (Å²) in [5.41, 5.74) is 3.27. The molecule has 3 aromatic rings. The van der Waals surface area contributed by atoms with Gasteiger partial charge in [-0.05, 0) is 42.8 Å². The average molecular weight is 480 g/mol. The monoisotopic (exact) mass is 479 g/mol. The summed E-state index contributed by atoms with van der Waals surface area (Å²) in [6.07, 6.45) is 0. The van der Waals surface area contributed by atoms with Crippen LogP contribution in [-0.4, -0.2) is 48.0 Å². The van der Waals surface area contributed by atoms with E-state index >= 15 is 0 Å². The van der Waals surface area contributed by atoms with Crippen LogP contribution in [-0.2, 0) is 13.1 Å². The summed E-state index contributed by atoms with van der Waals surface area (Å²) in [5.74, 6) is -1.20. The summed E-state index contributed by atoms with van der Waals surface area (Å²) in [4.78, 5) is 8.43. The van der Waals surface area contributed by atoms with Crippen molar-refractivity contribution >= 4 is 34.8 Å². The third-order valence-corrected chi connectivity index (χ3v) is 6.86. The van der Waals surface area contributed by atoms with Gasteiger partial charge in [-0.25, -0.2) is 18.2 Å². The second-order valence-corrected chi connectivity index (χ2v) is 9.19. The molecule has 0 bridgehead atoms. The third kappa shape index (κ3) is 5.74. The Morgan fingerprint density at radius 3 is 2.50 bits per heavy atom. The molecule has 1 fully saturated rings. The van der Waals surface area contributed by atoms with Gasteiger partial charge >= 0.3 is 0 Å². The van der Waals surface area contributed by atoms with Crippen molar-refractivity contribution in [1.82, 2.24) is 14.8 Å². The molecule has 0 aliphatic carbocycles. The van der Waals surface area contributed by atoms with E-state index in [2.05, 4.69) is 31.9 Å². The van der Waals surface area contributed by atoms with E-state index in [9.17, 15) is 13.2 Å². The van der Waals surface area contributed by atoms with E-state index in [0.717, 1.165) is 43.7 Å². The zero-order chi connectivity index (χ0) is 22.5. The van der Waals surface area contributed by atoms with Crippen LogP contribution in [0.25, 0.3) is 0 Å². The van der Waals surface area contributed by atoms with Crippen molar-refractivity contribution in [2.45, 2.75) is 18.0 Å². The Labute approximate surface area is 193 Å². The second-order valence-electron chi connectivity index (χ2n) is 7.66. The Morgan fingerprint density at radius 1 is 1.06 bits per heavy atom. The van der Waals surface area contributed by atoms with Crippen LogP contribution < -0.4 is 10.0 Å². The molecule has 0 saturated carbocycles. The topological polar surface area (TPSA) is 43.4 Å². The van der Waals surface area contributed by atoms with Crippen molar-refractivity contribution < 1.29 is 13.2 Å². The minimum atomic E-state index is -0.702. The standard InChI is InChI=1S/C22H24F3N5S2/c1-29-5-7-30(8-6-29)12-15-3-2-4-18(23)17(15)11-26-16-9-19(24)22(20(25)10-16)32-28-21-13-31-14-27-21/h2-4,9-10,13-14,26,28H,5-8,11-12H2,1H3. The lowest BCUT2D eigenvalue weighted by atomic mass is 10.1. The summed E-state index contributed by atoms with van der Waals surface area (Å²) < 4.78 is 46.5. The SMILES string of the molecule is CN1CCN(Cc2cccc(F)c2CNc2cc(F)c(SNc3cscn3)c(F)c2)CC1. The van der Waals surface area contributed by atoms with Crippen LogP contribution in [0, 0.1) is 17.5 Å². The molecule has 2 N–H and O–H groups in total. The fourth-order valence-electron chi connectivity index (χ4n) is 3.51. The first-order chi connectivity index (χ1) is 15.5. The van der Waals surface area contributed by atoms with E-state index in [1.165, 1.54) is 29.5 Å². The molecule has 1 aliphatic rings. The van der Waals surface area contributed by atoms with Crippen LogP contribution in [0.1, 0.15) is 11.1 Å². The van der Waals surface area contributed by atoms with Gasteiger partial charge in [0, 0.05) is 55.9 Å². The van der Waals surface area contributed by atoms with E-state index in [4.69, 9.17) is 0 Å². The van der Waals surface area contributed by atoms with Crippen LogP contribution in [0.2, 0.25) is 0 Å². The summed E-state index contributed by atoms with van der Waals surface area (Å²) in [6.45, 7) is 4.57. The molecular formula is C22H24F3N5S2. The molecule has 32 heavy (non-hydrogen) atoms. The summed E-state index contributed by atoms with van der Waals surface area (Å²) in [5, 5.41) is 4.72. The van der Waals surface area contributed by atoms with E-state index in [0.29, 0.717) is 17.9 Å². The van der Waals surface area contributed by atoms with Gasteiger partial charge in [-0.1, -0.05) is 12.1 Å². The molecule has 1 saturated heterocycles. The molecule has 10 heteroatoms. The second kappa shape index (κ2) is 10.6. The number of nitrogens with zero attached hydrogens (tertiary/aromatic N) is 3. The van der Waals surface area contributed by atoms with Crippen LogP contribution in [0.3, 0.4) is 0 Å². The van der Waals surface area contributed by atoms with Crippen LogP contribution >= 0.6 is 23.3 Å². The molecule has 0 unspecified atom stereocenters. The highest BCUT2D eigenvalue weighted by Gasteiger charge is 2.18. The molecule has 0 atom stereocenters. The highest BCUT2D eigenvalue weighted by molar-refractivity contribution is 8.00. The number of aromatic nitrogens is 1. The minimum absolute atomic E-state index is 0.137. The highest BCUT2D eigenvalue weighted by Crippen LogP contribution is 2.29. The maximum absolute atomic E-state index is 14.6. The Bertz CT molecular complexity index is 1020. The van der Waals surface area contributed by atoms with Gasteiger partial charge in [-0.3, -0.25) is 4.90 Å². The molecule has 2 aromatic carbocycles. The first kappa shape index (κ1) is 22.9. The van der Waals surface area contributed by atoms with Crippen LogP contribution in [0.5, 0.6) is 0 Å². The number of benzene rings is 2. The van der Waals surface area contributed by atoms with Gasteiger partial charge in [-0.15, -0.1) is 11.3 Å². The summed E-state index contributed by atoms with van der Waals surface area (Å²) >= 11 is 2.21. The normalized spacial score (nSPS) is 15.1. The Hall–Kier alpha value is -2.27. The predicted molar refractivity (Wildman–Crippen MR) is 124 cm³/mol. The van der Waals surface area contributed by atoms with Gasteiger partial charge in [0.15, 0.2) is 0 Å². The first-order valence-corrected chi connectivity index (χ1v) is 12.0. The number of anilines is 2. The lowest BCUT2D eigenvalue weighted by Crippen LogP contribution is -2.44. The van der Waals surface area contributed by atoms with Crippen LogP contribution in [0.4, 0.5) is 24.7 Å². The quantitative estimate of drug-likeness (QED) is 0.442. The highest BCUT2D eigenvalue weighted by atomic mass is 32.2. The first-order valence-electron chi connectivity index (χ1n) is 10.2. The zero-order valence-electron chi connectivity index (χ0n) is 17.6. The molecule has 0 amide bonds. The van der Waals surface area contributed by atoms with Crippen molar-refractivity contribution in [2.75, 3.05) is 43.3 Å². The van der Waals surface area contributed by atoms with Crippen molar-refractivity contribution in [3.8, 4) is 0 Å². The number of thiazole rings is 1. The molecule has 5 nitrogen and oxygen atoms in total. The predicted octanol–water partition coefficient (Wildman–Crippen LogP) is 5.04. The number of rotatable bonds is 8. The van der Waals surface area contributed by atoms with Gasteiger partial charge < -0.3 is 14.9 Å². The van der Waals surface area contributed by atoms with Gasteiger partial charge in [0.2, 0.25) is 0 Å². The number of hydrogen-bond donors (Lipinski definition) is 2. The van der Waals surface area contributed by atoms with Gasteiger partial charge in [0.05, 0.1) is 5.51 Å². The molecule has 0 spiro atoms. The Morgan fingerprint density at radius 2 is 1.81 bits per heavy atom. The van der Waals surface area contributed by atoms with Crippen molar-refractivity contribution in [3.63, 3.8) is 0 Å². The van der Waals surface area contributed by atoms with Crippen LogP contribution in [0.15, 0.2) is 46.1 Å². The number of nitrogens with one attached hydrogen (secondary N) is 2. The largest absolute Gasteiger partial charge is 0.381 e. The van der Waals surface area contributed by atoms with Gasteiger partial charge in [0.1, 0.15) is 28.2 Å². The van der Waals surface area contributed by atoms with Gasteiger partial charge in [-0.2, -0.15) is 0 Å². The molecule has 170 valence electrons. The van der Waals surface area contributed by atoms with Crippen molar-refractivity contribution in [2.24, 2.45) is 0 Å². The molecule has 1 aliphatic heterocycles. The van der Waals surface area contributed by atoms with E-state index in [1.54, 1.807) is 17.0 Å². The lowest BCUT2D eigenvalue weighted by Gasteiger charge is -2.32. The third-order valence-electron chi connectivity index (χ3n) is 5.36.